The standard InChI is InChI=1S/C68H131N2O6P/c1-6-8-10-12-14-16-18-20-22-24-26-27-28-29-30-31-32-33-34-35-36-37-38-39-40-41-42-43-44-46-48-50-52-54-56-58-60-62-68(72)69-66(65-76-77(73,74)75-64-63-70(3,4)5)67(71)61-59-57-55-53-51-49-47-45-25-23-21-19-17-15-13-11-9-7-2/h30-31,33-34,51,53,59,61,66-67,71H,6-29,32,35-50,52,54-58,60,62-65H2,1-5H3,(H-,69,72,73,74)/p+1/b31-30-,34-33-,53-51+,61-59+. The minimum Gasteiger partial charge on any atom is -0.387 e. The van der Waals surface area contributed by atoms with Crippen LogP contribution in [-0.4, -0.2) is 73.4 Å². The second-order valence-corrected chi connectivity index (χ2v) is 25.6. The summed E-state index contributed by atoms with van der Waals surface area (Å²) in [6, 6.07) is -0.864. The van der Waals surface area contributed by atoms with E-state index in [4.69, 9.17) is 9.05 Å². The highest BCUT2D eigenvalue weighted by molar-refractivity contribution is 7.47. The largest absolute Gasteiger partial charge is 0.472 e. The number of hydrogen-bond acceptors (Lipinski definition) is 5. The molecule has 0 fully saturated rings. The van der Waals surface area contributed by atoms with Gasteiger partial charge in [0.05, 0.1) is 39.9 Å². The Labute approximate surface area is 479 Å². The summed E-state index contributed by atoms with van der Waals surface area (Å²) in [5.74, 6) is -0.183. The summed E-state index contributed by atoms with van der Waals surface area (Å²) < 4.78 is 23.7. The molecule has 0 aliphatic rings. The van der Waals surface area contributed by atoms with Gasteiger partial charge >= 0.3 is 7.82 Å². The maximum Gasteiger partial charge on any atom is 0.472 e. The SMILES string of the molecule is CCCCCCCCCCCCCC/C=C/CC/C=C/C(O)C(COP(=O)(O)OCC[N+](C)(C)C)NC(=O)CCCCCCCCCCCCCCCCCCC/C=C\C/C=C\CCCCCCCCCCCCCCC. The van der Waals surface area contributed by atoms with Crippen molar-refractivity contribution in [2.24, 2.45) is 0 Å². The van der Waals surface area contributed by atoms with Crippen molar-refractivity contribution in [3.63, 3.8) is 0 Å². The first-order chi connectivity index (χ1) is 37.5. The zero-order valence-corrected chi connectivity index (χ0v) is 52.9. The molecule has 0 aromatic heterocycles. The highest BCUT2D eigenvalue weighted by atomic mass is 31.2. The first-order valence-corrected chi connectivity index (χ1v) is 35.0. The number of unbranched alkanes of at least 4 members (excludes halogenated alkanes) is 43. The fourth-order valence-electron chi connectivity index (χ4n) is 10.0. The van der Waals surface area contributed by atoms with Crippen LogP contribution in [0.1, 0.15) is 328 Å². The zero-order valence-electron chi connectivity index (χ0n) is 52.0. The average molecular weight is 1100 g/mol. The Morgan fingerprint density at radius 1 is 0.442 bits per heavy atom. The van der Waals surface area contributed by atoms with Crippen molar-refractivity contribution in [3.05, 3.63) is 48.6 Å². The number of phosphoric acid groups is 1. The molecule has 0 rings (SSSR count). The van der Waals surface area contributed by atoms with Gasteiger partial charge in [-0.3, -0.25) is 13.8 Å². The number of aliphatic hydroxyl groups is 1. The predicted octanol–water partition coefficient (Wildman–Crippen LogP) is 21.1. The minimum atomic E-state index is -4.36. The smallest absolute Gasteiger partial charge is 0.387 e. The Bertz CT molecular complexity index is 1390. The molecule has 77 heavy (non-hydrogen) atoms. The molecule has 454 valence electrons. The molecule has 0 aromatic carbocycles. The predicted molar refractivity (Wildman–Crippen MR) is 337 cm³/mol. The quantitative estimate of drug-likeness (QED) is 0.0243. The van der Waals surface area contributed by atoms with E-state index in [-0.39, 0.29) is 19.1 Å². The Balaban J connectivity index is 4.00. The zero-order chi connectivity index (χ0) is 56.3. The van der Waals surface area contributed by atoms with Gasteiger partial charge in [0.1, 0.15) is 13.2 Å². The number of hydrogen-bond donors (Lipinski definition) is 3. The molecule has 0 heterocycles. The van der Waals surface area contributed by atoms with E-state index >= 15 is 0 Å². The molecule has 0 aromatic rings. The normalized spacial score (nSPS) is 14.0. The summed E-state index contributed by atoms with van der Waals surface area (Å²) in [5.41, 5.74) is 0. The summed E-state index contributed by atoms with van der Waals surface area (Å²) in [5, 5.41) is 13.9. The van der Waals surface area contributed by atoms with Crippen LogP contribution in [0.15, 0.2) is 48.6 Å². The van der Waals surface area contributed by atoms with Crippen LogP contribution >= 0.6 is 7.82 Å². The number of nitrogens with one attached hydrogen (secondary N) is 1. The van der Waals surface area contributed by atoms with Crippen LogP contribution in [-0.2, 0) is 18.4 Å². The van der Waals surface area contributed by atoms with Crippen molar-refractivity contribution in [1.29, 1.82) is 0 Å². The van der Waals surface area contributed by atoms with Crippen LogP contribution in [0, 0.1) is 0 Å². The van der Waals surface area contributed by atoms with E-state index in [1.165, 1.54) is 263 Å². The molecule has 8 nitrogen and oxygen atoms in total. The third-order valence-corrected chi connectivity index (χ3v) is 16.3. The molecule has 0 aliphatic heterocycles. The molecule has 0 spiro atoms. The van der Waals surface area contributed by atoms with Crippen LogP contribution in [0.4, 0.5) is 0 Å². The summed E-state index contributed by atoms with van der Waals surface area (Å²) in [7, 11) is 1.56. The summed E-state index contributed by atoms with van der Waals surface area (Å²) in [6.45, 7) is 4.83. The minimum absolute atomic E-state index is 0.0566. The lowest BCUT2D eigenvalue weighted by molar-refractivity contribution is -0.870. The van der Waals surface area contributed by atoms with Crippen molar-refractivity contribution >= 4 is 13.7 Å². The van der Waals surface area contributed by atoms with Gasteiger partial charge in [-0.25, -0.2) is 4.57 Å². The molecule has 0 bridgehead atoms. The average Bonchev–Trinajstić information content (AvgIpc) is 3.39. The maximum absolute atomic E-state index is 13.0. The summed E-state index contributed by atoms with van der Waals surface area (Å²) in [6.07, 6.45) is 79.8. The van der Waals surface area contributed by atoms with Gasteiger partial charge in [-0.05, 0) is 64.2 Å². The van der Waals surface area contributed by atoms with Gasteiger partial charge in [0.25, 0.3) is 0 Å². The first kappa shape index (κ1) is 75.5. The number of quaternary nitrogens is 1. The number of amides is 1. The van der Waals surface area contributed by atoms with Gasteiger partial charge in [0, 0.05) is 6.42 Å². The first-order valence-electron chi connectivity index (χ1n) is 33.5. The number of likely N-dealkylation sites (N-methyl/N-ethyl adjacent to an activating group) is 1. The lowest BCUT2D eigenvalue weighted by atomic mass is 10.0. The number of carbonyl (C=O) groups excluding carboxylic acids is 1. The lowest BCUT2D eigenvalue weighted by Gasteiger charge is -2.25. The van der Waals surface area contributed by atoms with Gasteiger partial charge in [0.15, 0.2) is 0 Å². The van der Waals surface area contributed by atoms with Crippen molar-refractivity contribution < 1.29 is 32.9 Å². The molecular weight excluding hydrogens is 972 g/mol. The van der Waals surface area contributed by atoms with E-state index in [0.29, 0.717) is 17.4 Å². The van der Waals surface area contributed by atoms with E-state index in [1.54, 1.807) is 6.08 Å². The maximum atomic E-state index is 13.0. The van der Waals surface area contributed by atoms with Crippen molar-refractivity contribution in [2.45, 2.75) is 341 Å². The number of rotatable bonds is 62. The van der Waals surface area contributed by atoms with E-state index < -0.39 is 20.0 Å². The fourth-order valence-corrected chi connectivity index (χ4v) is 10.8. The van der Waals surface area contributed by atoms with Crippen molar-refractivity contribution in [3.8, 4) is 0 Å². The summed E-state index contributed by atoms with van der Waals surface area (Å²) in [4.78, 5) is 23.3. The van der Waals surface area contributed by atoms with Gasteiger partial charge in [0.2, 0.25) is 5.91 Å². The second-order valence-electron chi connectivity index (χ2n) is 24.2. The monoisotopic (exact) mass is 1100 g/mol. The van der Waals surface area contributed by atoms with Gasteiger partial charge in [-0.15, -0.1) is 0 Å². The second kappa shape index (κ2) is 59.1. The molecule has 0 saturated carbocycles. The molecule has 0 radical (unpaired) electrons. The number of aliphatic hydroxyl groups excluding tert-OH is 1. The van der Waals surface area contributed by atoms with Gasteiger partial charge < -0.3 is 19.8 Å². The number of nitrogens with zero attached hydrogens (tertiary/aromatic N) is 1. The number of carbonyl (C=O) groups is 1. The molecule has 0 aliphatic carbocycles. The number of phosphoric ester groups is 1. The highest BCUT2D eigenvalue weighted by Gasteiger charge is 2.28. The molecule has 9 heteroatoms. The fraction of sp³-hybridized carbons (Fsp3) is 0.868. The molecule has 3 atom stereocenters. The molecular formula is C68H132N2O6P+. The summed E-state index contributed by atoms with van der Waals surface area (Å²) >= 11 is 0. The molecule has 3 unspecified atom stereocenters. The van der Waals surface area contributed by atoms with Crippen LogP contribution in [0.25, 0.3) is 0 Å². The van der Waals surface area contributed by atoms with E-state index in [0.717, 1.165) is 44.9 Å². The third-order valence-electron chi connectivity index (χ3n) is 15.3. The topological polar surface area (TPSA) is 105 Å². The Morgan fingerprint density at radius 3 is 1.12 bits per heavy atom. The Kier molecular flexibility index (Phi) is 57.9. The van der Waals surface area contributed by atoms with Crippen LogP contribution < -0.4 is 5.32 Å². The van der Waals surface area contributed by atoms with Gasteiger partial charge in [-0.2, -0.15) is 0 Å². The van der Waals surface area contributed by atoms with E-state index in [2.05, 4.69) is 55.6 Å². The van der Waals surface area contributed by atoms with E-state index in [9.17, 15) is 19.4 Å². The molecule has 0 saturated heterocycles. The van der Waals surface area contributed by atoms with E-state index in [1.807, 2.05) is 27.2 Å². The van der Waals surface area contributed by atoms with Crippen LogP contribution in [0.5, 0.6) is 0 Å². The van der Waals surface area contributed by atoms with Crippen molar-refractivity contribution in [1.82, 2.24) is 5.32 Å². The Hall–Kier alpha value is -1.54. The molecule has 3 N–H and O–H groups in total. The third kappa shape index (κ3) is 61.9. The highest BCUT2D eigenvalue weighted by Crippen LogP contribution is 2.43. The van der Waals surface area contributed by atoms with Crippen molar-refractivity contribution in [2.75, 3.05) is 40.9 Å². The van der Waals surface area contributed by atoms with Crippen LogP contribution in [0.2, 0.25) is 0 Å². The van der Waals surface area contributed by atoms with Gasteiger partial charge in [-0.1, -0.05) is 306 Å². The Morgan fingerprint density at radius 2 is 0.753 bits per heavy atom. The lowest BCUT2D eigenvalue weighted by Crippen LogP contribution is -2.45. The molecule has 1 amide bonds. The van der Waals surface area contributed by atoms with Crippen LogP contribution in [0.3, 0.4) is 0 Å². The number of allylic oxidation sites excluding steroid dienone is 7.